The van der Waals surface area contributed by atoms with Crippen molar-refractivity contribution in [1.29, 1.82) is 0 Å². The van der Waals surface area contributed by atoms with E-state index in [0.29, 0.717) is 0 Å². The van der Waals surface area contributed by atoms with Gasteiger partial charge in [0.1, 0.15) is 5.82 Å². The molecule has 88 valence electrons. The number of rotatable bonds is 2. The van der Waals surface area contributed by atoms with E-state index in [-0.39, 0.29) is 5.82 Å². The van der Waals surface area contributed by atoms with Gasteiger partial charge < -0.3 is 4.90 Å². The number of quaternary nitrogens is 1. The van der Waals surface area contributed by atoms with Gasteiger partial charge in [0.25, 0.3) is 0 Å². The van der Waals surface area contributed by atoms with Gasteiger partial charge in [-0.15, -0.1) is 0 Å². The minimum atomic E-state index is -0.159. The molecule has 1 aliphatic rings. The summed E-state index contributed by atoms with van der Waals surface area (Å²) in [7, 11) is 4.05. The lowest BCUT2D eigenvalue weighted by atomic mass is 10.2. The maximum Gasteiger partial charge on any atom is 0.123 e. The van der Waals surface area contributed by atoms with E-state index in [1.165, 1.54) is 29.0 Å². The Morgan fingerprint density at radius 2 is 1.94 bits per heavy atom. The quantitative estimate of drug-likeness (QED) is 0.724. The van der Waals surface area contributed by atoms with E-state index < -0.39 is 0 Å². The molecule has 3 heteroatoms. The summed E-state index contributed by atoms with van der Waals surface area (Å²) < 4.78 is 12.8. The Balaban J connectivity index is 1.91. The van der Waals surface area contributed by atoms with Crippen molar-refractivity contribution in [3.05, 3.63) is 42.7 Å². The Hall–Kier alpha value is -0.930. The van der Waals surface area contributed by atoms with Crippen LogP contribution in [-0.4, -0.2) is 31.1 Å². The van der Waals surface area contributed by atoms with Crippen LogP contribution in [0.3, 0.4) is 0 Å². The molecule has 0 spiro atoms. The molecule has 2 nitrogen and oxygen atoms in total. The highest BCUT2D eigenvalue weighted by atomic mass is 19.1. The second kappa shape index (κ2) is 5.41. The number of nitrogens with one attached hydrogen (secondary N) is 1. The summed E-state index contributed by atoms with van der Waals surface area (Å²) in [4.78, 5) is 3.78. The van der Waals surface area contributed by atoms with Crippen molar-refractivity contribution in [2.24, 2.45) is 0 Å². The Labute approximate surface area is 96.7 Å². The Kier molecular flexibility index (Phi) is 3.91. The molecule has 1 aromatic carbocycles. The molecule has 0 radical (unpaired) electrons. The highest BCUT2D eigenvalue weighted by Gasteiger charge is 2.12. The minimum absolute atomic E-state index is 0.159. The van der Waals surface area contributed by atoms with Gasteiger partial charge in [-0.25, -0.2) is 4.39 Å². The van der Waals surface area contributed by atoms with Crippen LogP contribution in [-0.2, 0) is 6.54 Å². The fourth-order valence-electron chi connectivity index (χ4n) is 2.11. The summed E-state index contributed by atoms with van der Waals surface area (Å²) in [6, 6.07) is 6.81. The van der Waals surface area contributed by atoms with Gasteiger partial charge in [0.05, 0.1) is 13.1 Å². The van der Waals surface area contributed by atoms with Crippen LogP contribution in [0.15, 0.2) is 24.3 Å². The second-order valence-corrected chi connectivity index (χ2v) is 4.51. The van der Waals surface area contributed by atoms with Crippen LogP contribution in [0.2, 0.25) is 0 Å². The molecule has 1 aliphatic heterocycles. The summed E-state index contributed by atoms with van der Waals surface area (Å²) in [5, 5.41) is 0. The molecule has 1 heterocycles. The average molecular weight is 222 g/mol. The summed E-state index contributed by atoms with van der Waals surface area (Å²) in [5.74, 6) is -0.159. The first-order valence-corrected chi connectivity index (χ1v) is 5.87. The highest BCUT2D eigenvalue weighted by molar-refractivity contribution is 5.15. The molecular weight excluding hydrogens is 203 g/mol. The van der Waals surface area contributed by atoms with Crippen LogP contribution in [0.1, 0.15) is 12.0 Å². The third-order valence-electron chi connectivity index (χ3n) is 3.11. The predicted molar refractivity (Wildman–Crippen MR) is 62.3 cm³/mol. The molecule has 0 aliphatic carbocycles. The Bertz CT molecular complexity index is 323. The van der Waals surface area contributed by atoms with Gasteiger partial charge in [0.15, 0.2) is 0 Å². The van der Waals surface area contributed by atoms with Gasteiger partial charge in [0.2, 0.25) is 0 Å². The van der Waals surface area contributed by atoms with Gasteiger partial charge in [-0.3, -0.25) is 4.90 Å². The summed E-state index contributed by atoms with van der Waals surface area (Å²) in [5.41, 5.74) is 1.19. The van der Waals surface area contributed by atoms with E-state index in [2.05, 4.69) is 11.9 Å². The van der Waals surface area contributed by atoms with Crippen molar-refractivity contribution in [2.75, 3.05) is 26.2 Å². The standard InChI is InChI=1S/C13H19FN2/c1-15-7-2-8-16(10-9-15)11-12-3-5-13(14)6-4-12/h3-6,15H,1-2,7-11H2. The van der Waals surface area contributed by atoms with Gasteiger partial charge >= 0.3 is 0 Å². The van der Waals surface area contributed by atoms with Crippen molar-refractivity contribution in [2.45, 2.75) is 13.0 Å². The van der Waals surface area contributed by atoms with E-state index >= 15 is 0 Å². The lowest BCUT2D eigenvalue weighted by Gasteiger charge is -2.20. The molecule has 16 heavy (non-hydrogen) atoms. The van der Waals surface area contributed by atoms with Crippen molar-refractivity contribution >= 4 is 0 Å². The SMILES string of the molecule is [CH2-][NH+]1CCCN(Cc2ccc(F)cc2)CC1. The van der Waals surface area contributed by atoms with Crippen LogP contribution < -0.4 is 4.90 Å². The van der Waals surface area contributed by atoms with E-state index in [0.717, 1.165) is 32.7 Å². The highest BCUT2D eigenvalue weighted by Crippen LogP contribution is 2.07. The topological polar surface area (TPSA) is 7.68 Å². The lowest BCUT2D eigenvalue weighted by Crippen LogP contribution is -3.07. The molecule has 1 fully saturated rings. The van der Waals surface area contributed by atoms with E-state index in [9.17, 15) is 4.39 Å². The third kappa shape index (κ3) is 3.29. The molecule has 0 amide bonds. The number of hydrogen-bond acceptors (Lipinski definition) is 1. The number of nitrogens with zero attached hydrogens (tertiary/aromatic N) is 1. The number of hydrogen-bond donors (Lipinski definition) is 1. The third-order valence-corrected chi connectivity index (χ3v) is 3.11. The van der Waals surface area contributed by atoms with Crippen LogP contribution in [0.5, 0.6) is 0 Å². The van der Waals surface area contributed by atoms with Crippen LogP contribution in [0.4, 0.5) is 4.39 Å². The molecule has 1 N–H and O–H groups in total. The van der Waals surface area contributed by atoms with E-state index in [1.54, 1.807) is 0 Å². The Morgan fingerprint density at radius 1 is 1.19 bits per heavy atom. The minimum Gasteiger partial charge on any atom is -0.467 e. The molecular formula is C13H19FN2. The predicted octanol–water partition coefficient (Wildman–Crippen LogP) is 0.708. The van der Waals surface area contributed by atoms with Gasteiger partial charge in [0, 0.05) is 26.1 Å². The molecule has 1 aromatic rings. The van der Waals surface area contributed by atoms with Crippen molar-refractivity contribution in [3.8, 4) is 0 Å². The van der Waals surface area contributed by atoms with E-state index in [4.69, 9.17) is 0 Å². The molecule has 1 atom stereocenters. The van der Waals surface area contributed by atoms with Gasteiger partial charge in [-0.1, -0.05) is 12.1 Å². The van der Waals surface area contributed by atoms with Crippen molar-refractivity contribution < 1.29 is 9.29 Å². The fraction of sp³-hybridized carbons (Fsp3) is 0.462. The van der Waals surface area contributed by atoms with E-state index in [1.807, 2.05) is 12.1 Å². The van der Waals surface area contributed by atoms with Crippen molar-refractivity contribution in [3.63, 3.8) is 0 Å². The molecule has 0 bridgehead atoms. The smallest absolute Gasteiger partial charge is 0.123 e. The zero-order valence-corrected chi connectivity index (χ0v) is 9.58. The van der Waals surface area contributed by atoms with Crippen LogP contribution in [0.25, 0.3) is 0 Å². The lowest BCUT2D eigenvalue weighted by molar-refractivity contribution is -0.851. The normalized spacial score (nSPS) is 23.0. The summed E-state index contributed by atoms with van der Waals surface area (Å²) in [6.07, 6.45) is 1.19. The molecule has 0 aromatic heterocycles. The molecule has 1 unspecified atom stereocenters. The first-order chi connectivity index (χ1) is 7.74. The zero-order chi connectivity index (χ0) is 11.4. The van der Waals surface area contributed by atoms with Crippen LogP contribution >= 0.6 is 0 Å². The number of benzene rings is 1. The van der Waals surface area contributed by atoms with Crippen molar-refractivity contribution in [1.82, 2.24) is 4.90 Å². The Morgan fingerprint density at radius 3 is 2.69 bits per heavy atom. The van der Waals surface area contributed by atoms with Gasteiger partial charge in [-0.05, 0) is 17.7 Å². The number of halogens is 1. The zero-order valence-electron chi connectivity index (χ0n) is 9.58. The van der Waals surface area contributed by atoms with Crippen LogP contribution in [0, 0.1) is 12.9 Å². The molecule has 1 saturated heterocycles. The monoisotopic (exact) mass is 222 g/mol. The average Bonchev–Trinajstić information content (AvgIpc) is 2.47. The maximum atomic E-state index is 12.8. The fourth-order valence-corrected chi connectivity index (χ4v) is 2.11. The molecule has 0 saturated carbocycles. The largest absolute Gasteiger partial charge is 0.467 e. The molecule has 2 rings (SSSR count). The first kappa shape index (κ1) is 11.6. The maximum absolute atomic E-state index is 12.8. The summed E-state index contributed by atoms with van der Waals surface area (Å²) >= 11 is 0. The second-order valence-electron chi connectivity index (χ2n) is 4.51. The summed E-state index contributed by atoms with van der Waals surface area (Å²) in [6.45, 7) is 5.38. The van der Waals surface area contributed by atoms with Gasteiger partial charge in [-0.2, -0.15) is 7.05 Å². The first-order valence-electron chi connectivity index (χ1n) is 5.87.